The van der Waals surface area contributed by atoms with Gasteiger partial charge in [0, 0.05) is 31.9 Å². The topological polar surface area (TPSA) is 90.2 Å². The van der Waals surface area contributed by atoms with Crippen molar-refractivity contribution in [3.8, 4) is 6.07 Å². The van der Waals surface area contributed by atoms with Crippen LogP contribution in [-0.4, -0.2) is 48.9 Å². The van der Waals surface area contributed by atoms with Gasteiger partial charge in [-0.05, 0) is 31.5 Å². The molecule has 1 aliphatic heterocycles. The molecule has 3 rings (SSSR count). The zero-order valence-electron chi connectivity index (χ0n) is 14.2. The standard InChI is InChI=1S/C17H19N5O2S/c1-13-5-3-4-6-16(13)25(23,24)22-9-7-21(8-10-22)17-19-14(2)11-15(12-18)20-17/h3-6,11H,7-10H2,1-2H3. The second-order valence-corrected chi connectivity index (χ2v) is 7.87. The van der Waals surface area contributed by atoms with E-state index in [1.54, 1.807) is 31.2 Å². The van der Waals surface area contributed by atoms with Gasteiger partial charge in [-0.1, -0.05) is 18.2 Å². The fraction of sp³-hybridized carbons (Fsp3) is 0.353. The average molecular weight is 357 g/mol. The molecule has 130 valence electrons. The largest absolute Gasteiger partial charge is 0.338 e. The van der Waals surface area contributed by atoms with E-state index >= 15 is 0 Å². The molecule has 0 spiro atoms. The van der Waals surface area contributed by atoms with E-state index in [4.69, 9.17) is 5.26 Å². The van der Waals surface area contributed by atoms with Gasteiger partial charge in [-0.15, -0.1) is 0 Å². The lowest BCUT2D eigenvalue weighted by atomic mass is 10.2. The Hall–Kier alpha value is -2.50. The van der Waals surface area contributed by atoms with Crippen LogP contribution < -0.4 is 4.90 Å². The highest BCUT2D eigenvalue weighted by Crippen LogP contribution is 2.22. The number of benzene rings is 1. The van der Waals surface area contributed by atoms with E-state index in [-0.39, 0.29) is 0 Å². The molecule has 0 radical (unpaired) electrons. The molecule has 1 saturated heterocycles. The Labute approximate surface area is 147 Å². The van der Waals surface area contributed by atoms with Crippen molar-refractivity contribution >= 4 is 16.0 Å². The Bertz CT molecular complexity index is 928. The molecule has 8 heteroatoms. The predicted molar refractivity (Wildman–Crippen MR) is 93.6 cm³/mol. The predicted octanol–water partition coefficient (Wildman–Crippen LogP) is 1.48. The Morgan fingerprint density at radius 2 is 1.76 bits per heavy atom. The Morgan fingerprint density at radius 1 is 1.08 bits per heavy atom. The summed E-state index contributed by atoms with van der Waals surface area (Å²) in [5.74, 6) is 0.476. The quantitative estimate of drug-likeness (QED) is 0.826. The van der Waals surface area contributed by atoms with Crippen molar-refractivity contribution in [1.82, 2.24) is 14.3 Å². The Morgan fingerprint density at radius 3 is 2.40 bits per heavy atom. The van der Waals surface area contributed by atoms with E-state index in [1.165, 1.54) is 4.31 Å². The molecule has 0 unspecified atom stereocenters. The lowest BCUT2D eigenvalue weighted by Gasteiger charge is -2.34. The summed E-state index contributed by atoms with van der Waals surface area (Å²) in [5.41, 5.74) is 1.78. The van der Waals surface area contributed by atoms with Crippen LogP contribution >= 0.6 is 0 Å². The highest BCUT2D eigenvalue weighted by Gasteiger charge is 2.30. The fourth-order valence-corrected chi connectivity index (χ4v) is 4.51. The van der Waals surface area contributed by atoms with Crippen LogP contribution in [0.3, 0.4) is 0 Å². The molecule has 2 aromatic rings. The van der Waals surface area contributed by atoms with Crippen molar-refractivity contribution in [3.63, 3.8) is 0 Å². The van der Waals surface area contributed by atoms with Gasteiger partial charge in [0.15, 0.2) is 0 Å². The third-order valence-electron chi connectivity index (χ3n) is 4.19. The third-order valence-corrected chi connectivity index (χ3v) is 6.25. The molecule has 7 nitrogen and oxygen atoms in total. The van der Waals surface area contributed by atoms with E-state index in [0.717, 1.165) is 11.3 Å². The molecule has 0 saturated carbocycles. The number of hydrogen-bond acceptors (Lipinski definition) is 6. The zero-order valence-corrected chi connectivity index (χ0v) is 15.0. The number of aryl methyl sites for hydroxylation is 2. The maximum atomic E-state index is 12.8. The van der Waals surface area contributed by atoms with Gasteiger partial charge in [-0.2, -0.15) is 9.57 Å². The van der Waals surface area contributed by atoms with Crippen molar-refractivity contribution in [2.24, 2.45) is 0 Å². The number of anilines is 1. The van der Waals surface area contributed by atoms with Crippen molar-refractivity contribution < 1.29 is 8.42 Å². The summed E-state index contributed by atoms with van der Waals surface area (Å²) in [6.45, 7) is 5.29. The molecule has 25 heavy (non-hydrogen) atoms. The van der Waals surface area contributed by atoms with E-state index < -0.39 is 10.0 Å². The summed E-state index contributed by atoms with van der Waals surface area (Å²) in [6, 6.07) is 10.7. The van der Waals surface area contributed by atoms with Crippen LogP contribution in [0.15, 0.2) is 35.2 Å². The van der Waals surface area contributed by atoms with Crippen molar-refractivity contribution in [1.29, 1.82) is 5.26 Å². The first-order chi connectivity index (χ1) is 11.9. The van der Waals surface area contributed by atoms with Crippen LogP contribution in [0.5, 0.6) is 0 Å². The summed E-state index contributed by atoms with van der Waals surface area (Å²) in [6.07, 6.45) is 0. The van der Waals surface area contributed by atoms with Crippen LogP contribution in [0.2, 0.25) is 0 Å². The van der Waals surface area contributed by atoms with Gasteiger partial charge in [0.1, 0.15) is 11.8 Å². The van der Waals surface area contributed by atoms with Gasteiger partial charge < -0.3 is 4.90 Å². The van der Waals surface area contributed by atoms with Gasteiger partial charge in [0.2, 0.25) is 16.0 Å². The van der Waals surface area contributed by atoms with Gasteiger partial charge in [-0.25, -0.2) is 18.4 Å². The number of rotatable bonds is 3. The lowest BCUT2D eigenvalue weighted by Crippen LogP contribution is -2.49. The third kappa shape index (κ3) is 3.48. The molecule has 0 atom stereocenters. The average Bonchev–Trinajstić information content (AvgIpc) is 2.61. The molecule has 1 aromatic heterocycles. The SMILES string of the molecule is Cc1cc(C#N)nc(N2CCN(S(=O)(=O)c3ccccc3C)CC2)n1. The van der Waals surface area contributed by atoms with Crippen LogP contribution in [0.4, 0.5) is 5.95 Å². The Balaban J connectivity index is 1.77. The monoisotopic (exact) mass is 357 g/mol. The van der Waals surface area contributed by atoms with Gasteiger partial charge in [-0.3, -0.25) is 0 Å². The number of nitriles is 1. The minimum Gasteiger partial charge on any atom is -0.338 e. The summed E-state index contributed by atoms with van der Waals surface area (Å²) >= 11 is 0. The van der Waals surface area contributed by atoms with Gasteiger partial charge in [0.05, 0.1) is 4.90 Å². The summed E-state index contributed by atoms with van der Waals surface area (Å²) < 4.78 is 27.2. The molecule has 1 aromatic carbocycles. The maximum Gasteiger partial charge on any atom is 0.243 e. The van der Waals surface area contributed by atoms with Crippen molar-refractivity contribution in [2.75, 3.05) is 31.1 Å². The van der Waals surface area contributed by atoms with Crippen LogP contribution in [0.25, 0.3) is 0 Å². The van der Waals surface area contributed by atoms with Crippen LogP contribution in [-0.2, 0) is 10.0 Å². The first-order valence-corrected chi connectivity index (χ1v) is 9.42. The van der Waals surface area contributed by atoms with Crippen LogP contribution in [0, 0.1) is 25.2 Å². The molecular formula is C17H19N5O2S. The molecule has 2 heterocycles. The first-order valence-electron chi connectivity index (χ1n) is 7.98. The summed E-state index contributed by atoms with van der Waals surface area (Å²) in [4.78, 5) is 10.8. The number of nitrogens with zero attached hydrogens (tertiary/aromatic N) is 5. The van der Waals surface area contributed by atoms with E-state index in [2.05, 4.69) is 9.97 Å². The highest BCUT2D eigenvalue weighted by atomic mass is 32.2. The molecular weight excluding hydrogens is 338 g/mol. The minimum atomic E-state index is -3.51. The maximum absolute atomic E-state index is 12.8. The molecule has 0 amide bonds. The second-order valence-electron chi connectivity index (χ2n) is 5.96. The smallest absolute Gasteiger partial charge is 0.243 e. The van der Waals surface area contributed by atoms with Crippen molar-refractivity contribution in [3.05, 3.63) is 47.3 Å². The van der Waals surface area contributed by atoms with Crippen molar-refractivity contribution in [2.45, 2.75) is 18.7 Å². The number of aromatic nitrogens is 2. The highest BCUT2D eigenvalue weighted by molar-refractivity contribution is 7.89. The first kappa shape index (κ1) is 17.3. The lowest BCUT2D eigenvalue weighted by molar-refractivity contribution is 0.382. The summed E-state index contributed by atoms with van der Waals surface area (Å²) in [7, 11) is -3.51. The Kier molecular flexibility index (Phi) is 4.70. The summed E-state index contributed by atoms with van der Waals surface area (Å²) in [5, 5.41) is 9.04. The van der Waals surface area contributed by atoms with Crippen LogP contribution in [0.1, 0.15) is 17.0 Å². The van der Waals surface area contributed by atoms with E-state index in [1.807, 2.05) is 24.0 Å². The zero-order chi connectivity index (χ0) is 18.0. The number of sulfonamides is 1. The van der Waals surface area contributed by atoms with E-state index in [0.29, 0.717) is 42.7 Å². The molecule has 0 N–H and O–H groups in total. The second kappa shape index (κ2) is 6.78. The number of hydrogen-bond donors (Lipinski definition) is 0. The normalized spacial score (nSPS) is 15.8. The fourth-order valence-electron chi connectivity index (χ4n) is 2.86. The molecule has 1 aliphatic rings. The number of piperazine rings is 1. The van der Waals surface area contributed by atoms with E-state index in [9.17, 15) is 8.42 Å². The molecule has 0 bridgehead atoms. The minimum absolute atomic E-state index is 0.317. The van der Waals surface area contributed by atoms with Gasteiger partial charge >= 0.3 is 0 Å². The van der Waals surface area contributed by atoms with Gasteiger partial charge in [0.25, 0.3) is 0 Å². The molecule has 1 fully saturated rings. The molecule has 0 aliphatic carbocycles.